The summed E-state index contributed by atoms with van der Waals surface area (Å²) < 4.78 is 13.4. The fourth-order valence-electron chi connectivity index (χ4n) is 3.50. The third-order valence-electron chi connectivity index (χ3n) is 5.42. The van der Waals surface area contributed by atoms with Gasteiger partial charge in [0.15, 0.2) is 0 Å². The van der Waals surface area contributed by atoms with Crippen LogP contribution in [0.5, 0.6) is 0 Å². The maximum absolute atomic E-state index is 13.4. The number of benzene rings is 1. The van der Waals surface area contributed by atoms with E-state index in [1.54, 1.807) is 17.9 Å². The summed E-state index contributed by atoms with van der Waals surface area (Å²) in [6.45, 7) is 8.01. The predicted molar refractivity (Wildman–Crippen MR) is 105 cm³/mol. The van der Waals surface area contributed by atoms with Crippen LogP contribution in [0.1, 0.15) is 32.8 Å². The third-order valence-corrected chi connectivity index (χ3v) is 5.42. The minimum atomic E-state index is -0.981. The van der Waals surface area contributed by atoms with Crippen molar-refractivity contribution in [1.82, 2.24) is 4.90 Å². The van der Waals surface area contributed by atoms with Gasteiger partial charge in [-0.25, -0.2) is 4.39 Å². The number of hydrogen-bond acceptors (Lipinski definition) is 5. The van der Waals surface area contributed by atoms with E-state index in [0.717, 1.165) is 0 Å². The molecule has 1 aromatic carbocycles. The number of carbonyl (C=O) groups is 2. The molecule has 156 valence electrons. The van der Waals surface area contributed by atoms with Crippen molar-refractivity contribution in [2.45, 2.75) is 51.8 Å². The van der Waals surface area contributed by atoms with Gasteiger partial charge in [0.25, 0.3) is 0 Å². The fourth-order valence-corrected chi connectivity index (χ4v) is 3.50. The zero-order valence-electron chi connectivity index (χ0n) is 16.9. The largest absolute Gasteiger partial charge is 0.481 e. The van der Waals surface area contributed by atoms with Crippen molar-refractivity contribution < 1.29 is 24.2 Å². The lowest BCUT2D eigenvalue weighted by molar-refractivity contribution is -0.142. The number of aliphatic hydroxyl groups is 1. The number of nitrogens with two attached hydrogens (primary N) is 1. The standard InChI is InChI=1S/C20H30FN3O4/c1-12-7-14(21)5-6-16(12)24-11-20(3,4)23(10-18(24)26)9-15(22)17(25)8-13(2)19(27)28/h5-7,13,15,17,25H,8-11,22H2,1-4H3,(H,27,28)/t13-,15+,17+/m1/s1. The second kappa shape index (κ2) is 8.55. The van der Waals surface area contributed by atoms with E-state index in [1.165, 1.54) is 19.1 Å². The van der Waals surface area contributed by atoms with Crippen LogP contribution in [-0.2, 0) is 9.59 Å². The predicted octanol–water partition coefficient (Wildman–Crippen LogP) is 1.36. The second-order valence-electron chi connectivity index (χ2n) is 8.31. The molecular formula is C20H30FN3O4. The monoisotopic (exact) mass is 395 g/mol. The number of aliphatic carboxylic acids is 1. The molecule has 2 rings (SSSR count). The molecule has 0 radical (unpaired) electrons. The van der Waals surface area contributed by atoms with Crippen molar-refractivity contribution >= 4 is 17.6 Å². The van der Waals surface area contributed by atoms with E-state index in [9.17, 15) is 19.1 Å². The number of amides is 1. The molecule has 1 aliphatic heterocycles. The normalized spacial score (nSPS) is 20.7. The molecule has 0 aromatic heterocycles. The molecule has 1 amide bonds. The lowest BCUT2D eigenvalue weighted by Crippen LogP contribution is -2.64. The maximum Gasteiger partial charge on any atom is 0.306 e. The molecule has 7 nitrogen and oxygen atoms in total. The molecule has 3 atom stereocenters. The Hall–Kier alpha value is -2.03. The summed E-state index contributed by atoms with van der Waals surface area (Å²) in [5, 5.41) is 19.2. The molecule has 1 saturated heterocycles. The topological polar surface area (TPSA) is 107 Å². The molecule has 4 N–H and O–H groups in total. The molecule has 28 heavy (non-hydrogen) atoms. The van der Waals surface area contributed by atoms with Gasteiger partial charge in [0.2, 0.25) is 5.91 Å². The Bertz CT molecular complexity index is 740. The number of carboxylic acid groups (broad SMARTS) is 1. The molecule has 0 bridgehead atoms. The average molecular weight is 395 g/mol. The van der Waals surface area contributed by atoms with Crippen LogP contribution in [0, 0.1) is 18.7 Å². The van der Waals surface area contributed by atoms with E-state index in [0.29, 0.717) is 17.8 Å². The molecule has 0 aliphatic carbocycles. The van der Waals surface area contributed by atoms with Gasteiger partial charge in [-0.3, -0.25) is 14.5 Å². The second-order valence-corrected chi connectivity index (χ2v) is 8.31. The third kappa shape index (κ3) is 5.06. The zero-order chi connectivity index (χ0) is 21.2. The highest BCUT2D eigenvalue weighted by Gasteiger charge is 2.40. The summed E-state index contributed by atoms with van der Waals surface area (Å²) in [5.41, 5.74) is 7.04. The van der Waals surface area contributed by atoms with Crippen molar-refractivity contribution in [3.8, 4) is 0 Å². The number of anilines is 1. The van der Waals surface area contributed by atoms with Crippen LogP contribution in [0.4, 0.5) is 10.1 Å². The highest BCUT2D eigenvalue weighted by Crippen LogP contribution is 2.29. The van der Waals surface area contributed by atoms with E-state index in [1.807, 2.05) is 18.7 Å². The number of hydrogen-bond donors (Lipinski definition) is 3. The SMILES string of the molecule is Cc1cc(F)ccc1N1CC(C)(C)N(C[C@H](N)[C@@H](O)C[C@@H](C)C(=O)O)CC1=O. The van der Waals surface area contributed by atoms with Gasteiger partial charge in [0, 0.05) is 30.4 Å². The van der Waals surface area contributed by atoms with E-state index in [2.05, 4.69) is 0 Å². The summed E-state index contributed by atoms with van der Waals surface area (Å²) in [6.07, 6.45) is -0.922. The van der Waals surface area contributed by atoms with Crippen LogP contribution in [0.2, 0.25) is 0 Å². The molecular weight excluding hydrogens is 365 g/mol. The van der Waals surface area contributed by atoms with Gasteiger partial charge < -0.3 is 20.8 Å². The van der Waals surface area contributed by atoms with E-state index in [-0.39, 0.29) is 31.2 Å². The Morgan fingerprint density at radius 3 is 2.61 bits per heavy atom. The lowest BCUT2D eigenvalue weighted by Gasteiger charge is -2.48. The quantitative estimate of drug-likeness (QED) is 0.644. The molecule has 1 aromatic rings. The Balaban J connectivity index is 2.09. The van der Waals surface area contributed by atoms with Crippen LogP contribution in [0.3, 0.4) is 0 Å². The number of carbonyl (C=O) groups excluding carboxylic acids is 1. The van der Waals surface area contributed by atoms with Crippen LogP contribution in [-0.4, -0.2) is 64.3 Å². The van der Waals surface area contributed by atoms with E-state index in [4.69, 9.17) is 10.8 Å². The summed E-state index contributed by atoms with van der Waals surface area (Å²) in [7, 11) is 0. The van der Waals surface area contributed by atoms with Crippen molar-refractivity contribution in [2.75, 3.05) is 24.5 Å². The maximum atomic E-state index is 13.4. The summed E-state index contributed by atoms with van der Waals surface area (Å²) in [5.74, 6) is -2.16. The van der Waals surface area contributed by atoms with Crippen molar-refractivity contribution in [3.63, 3.8) is 0 Å². The molecule has 0 spiro atoms. The molecule has 1 aliphatic rings. The first-order chi connectivity index (χ1) is 12.9. The van der Waals surface area contributed by atoms with Crippen molar-refractivity contribution in [3.05, 3.63) is 29.6 Å². The van der Waals surface area contributed by atoms with Gasteiger partial charge in [-0.1, -0.05) is 6.92 Å². The number of carboxylic acids is 1. The number of nitrogens with zero attached hydrogens (tertiary/aromatic N) is 2. The van der Waals surface area contributed by atoms with Crippen LogP contribution in [0.15, 0.2) is 18.2 Å². The number of aryl methyl sites for hydroxylation is 1. The highest BCUT2D eigenvalue weighted by atomic mass is 19.1. The number of rotatable bonds is 7. The first kappa shape index (κ1) is 22.3. The average Bonchev–Trinajstić information content (AvgIpc) is 2.58. The first-order valence-corrected chi connectivity index (χ1v) is 9.40. The van der Waals surface area contributed by atoms with Crippen LogP contribution in [0.25, 0.3) is 0 Å². The summed E-state index contributed by atoms with van der Waals surface area (Å²) in [6, 6.07) is 3.67. The lowest BCUT2D eigenvalue weighted by atomic mass is 9.94. The van der Waals surface area contributed by atoms with Crippen LogP contribution < -0.4 is 10.6 Å². The van der Waals surface area contributed by atoms with Gasteiger partial charge in [0.05, 0.1) is 18.6 Å². The van der Waals surface area contributed by atoms with Crippen LogP contribution >= 0.6 is 0 Å². The Morgan fingerprint density at radius 1 is 1.39 bits per heavy atom. The van der Waals surface area contributed by atoms with Crippen molar-refractivity contribution in [1.29, 1.82) is 0 Å². The Labute approximate surface area is 164 Å². The molecule has 8 heteroatoms. The minimum absolute atomic E-state index is 0.0552. The zero-order valence-corrected chi connectivity index (χ0v) is 16.9. The smallest absolute Gasteiger partial charge is 0.306 e. The number of piperazine rings is 1. The van der Waals surface area contributed by atoms with Gasteiger partial charge >= 0.3 is 5.97 Å². The van der Waals surface area contributed by atoms with Gasteiger partial charge in [0.1, 0.15) is 5.82 Å². The first-order valence-electron chi connectivity index (χ1n) is 9.40. The van der Waals surface area contributed by atoms with Crippen molar-refractivity contribution in [2.24, 2.45) is 11.7 Å². The van der Waals surface area contributed by atoms with Gasteiger partial charge in [-0.2, -0.15) is 0 Å². The van der Waals surface area contributed by atoms with Gasteiger partial charge in [-0.05, 0) is 51.0 Å². The summed E-state index contributed by atoms with van der Waals surface area (Å²) >= 11 is 0. The molecule has 0 unspecified atom stereocenters. The molecule has 1 fully saturated rings. The minimum Gasteiger partial charge on any atom is -0.481 e. The fraction of sp³-hybridized carbons (Fsp3) is 0.600. The molecule has 0 saturated carbocycles. The Morgan fingerprint density at radius 2 is 2.04 bits per heavy atom. The Kier molecular flexibility index (Phi) is 6.80. The summed E-state index contributed by atoms with van der Waals surface area (Å²) in [4.78, 5) is 27.3. The molecule has 1 heterocycles. The van der Waals surface area contributed by atoms with E-state index >= 15 is 0 Å². The number of aliphatic hydroxyl groups excluding tert-OH is 1. The van der Waals surface area contributed by atoms with Gasteiger partial charge in [-0.15, -0.1) is 0 Å². The number of halogens is 1. The highest BCUT2D eigenvalue weighted by molar-refractivity contribution is 5.96. The van der Waals surface area contributed by atoms with E-state index < -0.39 is 29.6 Å².